The Kier molecular flexibility index (Phi) is 4.53. The summed E-state index contributed by atoms with van der Waals surface area (Å²) in [6.07, 6.45) is 8.63. The highest BCUT2D eigenvalue weighted by molar-refractivity contribution is 9.10. The quantitative estimate of drug-likeness (QED) is 0.676. The Morgan fingerprint density at radius 3 is 2.74 bits per heavy atom. The average molecular weight is 418 g/mol. The molecule has 1 amide bonds. The second-order valence-corrected chi connectivity index (χ2v) is 6.83. The van der Waals surface area contributed by atoms with Crippen LogP contribution in [0.3, 0.4) is 0 Å². The molecule has 1 aliphatic carbocycles. The van der Waals surface area contributed by atoms with Crippen molar-refractivity contribution in [1.29, 1.82) is 5.26 Å². The maximum atomic E-state index is 12.2. The van der Waals surface area contributed by atoms with E-state index in [1.807, 2.05) is 30.3 Å². The van der Waals surface area contributed by atoms with E-state index in [9.17, 15) is 10.1 Å². The molecule has 1 unspecified atom stereocenters. The Labute approximate surface area is 163 Å². The number of fused-ring (bicyclic) bond motifs is 1. The first-order valence-electron chi connectivity index (χ1n) is 8.18. The predicted molar refractivity (Wildman–Crippen MR) is 107 cm³/mol. The zero-order chi connectivity index (χ0) is 18.8. The zero-order valence-electron chi connectivity index (χ0n) is 14.0. The molecule has 0 bridgehead atoms. The number of amides is 1. The van der Waals surface area contributed by atoms with Crippen LogP contribution in [0.5, 0.6) is 0 Å². The third-order valence-electron chi connectivity index (χ3n) is 4.12. The summed E-state index contributed by atoms with van der Waals surface area (Å²) in [7, 11) is 0. The van der Waals surface area contributed by atoms with Gasteiger partial charge in [0.25, 0.3) is 5.91 Å². The van der Waals surface area contributed by atoms with Gasteiger partial charge >= 0.3 is 0 Å². The van der Waals surface area contributed by atoms with Gasteiger partial charge in [0.05, 0.1) is 5.71 Å². The van der Waals surface area contributed by atoms with Crippen LogP contribution in [0.4, 0.5) is 0 Å². The van der Waals surface area contributed by atoms with Crippen LogP contribution >= 0.6 is 15.9 Å². The maximum Gasteiger partial charge on any atom is 0.260 e. The van der Waals surface area contributed by atoms with Crippen LogP contribution in [0.25, 0.3) is 17.4 Å². The molecule has 2 heterocycles. The van der Waals surface area contributed by atoms with Crippen LogP contribution in [-0.4, -0.2) is 17.5 Å². The van der Waals surface area contributed by atoms with E-state index in [2.05, 4.69) is 32.0 Å². The van der Waals surface area contributed by atoms with E-state index in [-0.39, 0.29) is 17.3 Å². The van der Waals surface area contributed by atoms with Crippen molar-refractivity contribution in [3.8, 4) is 17.4 Å². The maximum absolute atomic E-state index is 12.2. The van der Waals surface area contributed by atoms with Gasteiger partial charge in [0.1, 0.15) is 29.1 Å². The number of nitrogens with zero attached hydrogens (tertiary/aromatic N) is 3. The van der Waals surface area contributed by atoms with Crippen molar-refractivity contribution < 1.29 is 9.21 Å². The molecule has 27 heavy (non-hydrogen) atoms. The number of hydrogen-bond acceptors (Lipinski definition) is 4. The Balaban J connectivity index is 1.65. The van der Waals surface area contributed by atoms with Gasteiger partial charge in [-0.1, -0.05) is 46.3 Å². The van der Waals surface area contributed by atoms with E-state index in [1.54, 1.807) is 36.4 Å². The lowest BCUT2D eigenvalue weighted by Crippen LogP contribution is -2.27. The minimum atomic E-state index is -0.466. The van der Waals surface area contributed by atoms with Gasteiger partial charge in [-0.05, 0) is 30.3 Å². The van der Waals surface area contributed by atoms with Crippen LogP contribution in [0.15, 0.2) is 85.2 Å². The van der Waals surface area contributed by atoms with Crippen molar-refractivity contribution in [2.75, 3.05) is 0 Å². The molecule has 0 saturated carbocycles. The van der Waals surface area contributed by atoms with Gasteiger partial charge in [-0.2, -0.15) is 10.3 Å². The number of furan rings is 1. The molecular formula is C21H12BrN3O2. The monoisotopic (exact) mass is 417 g/mol. The summed E-state index contributed by atoms with van der Waals surface area (Å²) in [5.74, 6) is 0.480. The minimum absolute atomic E-state index is 0.107. The van der Waals surface area contributed by atoms with Gasteiger partial charge in [-0.15, -0.1) is 0 Å². The molecule has 5 nitrogen and oxygen atoms in total. The van der Waals surface area contributed by atoms with E-state index in [4.69, 9.17) is 4.42 Å². The number of nitriles is 1. The van der Waals surface area contributed by atoms with Crippen LogP contribution in [0.2, 0.25) is 0 Å². The molecule has 0 radical (unpaired) electrons. The van der Waals surface area contributed by atoms with Crippen molar-refractivity contribution in [2.45, 2.75) is 0 Å². The summed E-state index contributed by atoms with van der Waals surface area (Å²) < 4.78 is 6.79. The van der Waals surface area contributed by atoms with Crippen molar-refractivity contribution in [2.24, 2.45) is 15.9 Å². The van der Waals surface area contributed by atoms with Crippen molar-refractivity contribution >= 4 is 39.5 Å². The lowest BCUT2D eigenvalue weighted by atomic mass is 9.96. The topological polar surface area (TPSA) is 78.7 Å². The second kappa shape index (κ2) is 7.14. The number of amidine groups is 1. The fourth-order valence-electron chi connectivity index (χ4n) is 2.78. The smallest absolute Gasteiger partial charge is 0.260 e. The van der Waals surface area contributed by atoms with Gasteiger partial charge in [-0.3, -0.25) is 4.79 Å². The zero-order valence-corrected chi connectivity index (χ0v) is 15.6. The number of rotatable bonds is 3. The third-order valence-corrected chi connectivity index (χ3v) is 4.65. The largest absolute Gasteiger partial charge is 0.457 e. The van der Waals surface area contributed by atoms with Crippen LogP contribution in [0, 0.1) is 17.2 Å². The highest BCUT2D eigenvalue weighted by Crippen LogP contribution is 2.26. The summed E-state index contributed by atoms with van der Waals surface area (Å²) >= 11 is 3.40. The highest BCUT2D eigenvalue weighted by atomic mass is 79.9. The number of halogens is 1. The number of allylic oxidation sites excluding steroid dienone is 3. The molecule has 1 aliphatic heterocycles. The first-order valence-corrected chi connectivity index (χ1v) is 8.97. The summed E-state index contributed by atoms with van der Waals surface area (Å²) in [5.41, 5.74) is 1.68. The molecule has 1 aromatic heterocycles. The molecule has 1 atom stereocenters. The van der Waals surface area contributed by atoms with Gasteiger partial charge in [-0.25, -0.2) is 4.99 Å². The van der Waals surface area contributed by atoms with Gasteiger partial charge in [0, 0.05) is 16.1 Å². The summed E-state index contributed by atoms with van der Waals surface area (Å²) in [4.78, 5) is 20.6. The van der Waals surface area contributed by atoms with E-state index in [0.717, 1.165) is 10.0 Å². The number of carbonyl (C=O) groups is 1. The fraction of sp³-hybridized carbons (Fsp3) is 0.0476. The molecule has 2 aromatic rings. The number of hydrogen-bond donors (Lipinski definition) is 0. The number of aliphatic imine (C=N–C) groups is 2. The summed E-state index contributed by atoms with van der Waals surface area (Å²) in [6, 6.07) is 13.4. The molecule has 0 saturated heterocycles. The number of carbonyl (C=O) groups excluding carboxylic acids is 1. The fourth-order valence-corrected chi connectivity index (χ4v) is 3.04. The van der Waals surface area contributed by atoms with Crippen molar-refractivity contribution in [3.63, 3.8) is 0 Å². The second-order valence-electron chi connectivity index (χ2n) is 5.91. The first kappa shape index (κ1) is 17.1. The Bertz CT molecular complexity index is 1110. The Hall–Kier alpha value is -3.30. The SMILES string of the molecule is N#C/C(=C\c1ccc(-c2ccc(Br)cc2)o1)C1=NC(=O)C2C=CC=CC2=N1. The van der Waals surface area contributed by atoms with E-state index < -0.39 is 5.92 Å². The minimum Gasteiger partial charge on any atom is -0.457 e. The van der Waals surface area contributed by atoms with Gasteiger partial charge in [0.2, 0.25) is 0 Å². The van der Waals surface area contributed by atoms with Crippen LogP contribution in [0.1, 0.15) is 5.76 Å². The van der Waals surface area contributed by atoms with Crippen LogP contribution in [-0.2, 0) is 4.79 Å². The molecule has 0 spiro atoms. The number of benzene rings is 1. The van der Waals surface area contributed by atoms with Crippen LogP contribution < -0.4 is 0 Å². The Morgan fingerprint density at radius 2 is 1.96 bits per heavy atom. The van der Waals surface area contributed by atoms with Gasteiger partial charge < -0.3 is 4.42 Å². The molecular weight excluding hydrogens is 406 g/mol. The molecule has 4 rings (SSSR count). The Morgan fingerprint density at radius 1 is 1.15 bits per heavy atom. The third kappa shape index (κ3) is 3.50. The molecule has 0 fully saturated rings. The standard InChI is InChI=1S/C21H12BrN3O2/c22-15-7-5-13(6-8-15)19-10-9-16(27-19)11-14(12-23)20-24-18-4-2-1-3-17(18)21(26)25-20/h1-11,17H/b14-11+. The normalized spacial score (nSPS) is 18.6. The summed E-state index contributed by atoms with van der Waals surface area (Å²) in [5, 5.41) is 9.52. The van der Waals surface area contributed by atoms with Crippen molar-refractivity contribution in [3.05, 3.63) is 76.5 Å². The van der Waals surface area contributed by atoms with Gasteiger partial charge in [0.15, 0.2) is 5.84 Å². The average Bonchev–Trinajstić information content (AvgIpc) is 3.15. The molecule has 0 N–H and O–H groups in total. The molecule has 1 aromatic carbocycles. The van der Waals surface area contributed by atoms with E-state index in [0.29, 0.717) is 17.2 Å². The summed E-state index contributed by atoms with van der Waals surface area (Å²) in [6.45, 7) is 0. The first-order chi connectivity index (χ1) is 13.1. The molecule has 2 aliphatic rings. The highest BCUT2D eigenvalue weighted by Gasteiger charge is 2.27. The molecule has 130 valence electrons. The van der Waals surface area contributed by atoms with E-state index in [1.165, 1.54) is 0 Å². The lowest BCUT2D eigenvalue weighted by molar-refractivity contribution is -0.118. The van der Waals surface area contributed by atoms with E-state index >= 15 is 0 Å². The molecule has 6 heteroatoms. The lowest BCUT2D eigenvalue weighted by Gasteiger charge is -2.17. The predicted octanol–water partition coefficient (Wildman–Crippen LogP) is 4.74. The van der Waals surface area contributed by atoms with Crippen molar-refractivity contribution in [1.82, 2.24) is 0 Å².